The standard InChI is InChI=1S/C15H20N2OS/c1-10-12(3)19-7-6-17(10)15-8-13(9-16)4-5-14(15)11(2)18/h4-5,8,10-12,18H,6-7H2,1-3H3. The van der Waals surface area contributed by atoms with E-state index >= 15 is 0 Å². The van der Waals surface area contributed by atoms with Gasteiger partial charge in [0.25, 0.3) is 0 Å². The van der Waals surface area contributed by atoms with Crippen LogP contribution in [0.15, 0.2) is 18.2 Å². The number of aliphatic hydroxyl groups is 1. The van der Waals surface area contributed by atoms with Gasteiger partial charge in [-0.05, 0) is 26.0 Å². The second-order valence-electron chi connectivity index (χ2n) is 5.07. The zero-order valence-electron chi connectivity index (χ0n) is 11.6. The number of thioether (sulfide) groups is 1. The summed E-state index contributed by atoms with van der Waals surface area (Å²) >= 11 is 1.98. The second kappa shape index (κ2) is 5.85. The van der Waals surface area contributed by atoms with E-state index in [9.17, 15) is 5.11 Å². The summed E-state index contributed by atoms with van der Waals surface area (Å²) in [5.74, 6) is 1.08. The van der Waals surface area contributed by atoms with E-state index in [0.29, 0.717) is 16.9 Å². The molecule has 1 aromatic carbocycles. The van der Waals surface area contributed by atoms with Gasteiger partial charge in [-0.25, -0.2) is 0 Å². The number of nitriles is 1. The molecule has 1 saturated heterocycles. The molecule has 2 rings (SSSR count). The van der Waals surface area contributed by atoms with E-state index in [2.05, 4.69) is 24.8 Å². The van der Waals surface area contributed by atoms with Gasteiger partial charge in [-0.15, -0.1) is 0 Å². The molecule has 1 aromatic rings. The lowest BCUT2D eigenvalue weighted by molar-refractivity contribution is 0.199. The summed E-state index contributed by atoms with van der Waals surface area (Å²) in [5, 5.41) is 19.6. The first-order valence-electron chi connectivity index (χ1n) is 6.65. The largest absolute Gasteiger partial charge is 0.389 e. The molecule has 0 aliphatic carbocycles. The quantitative estimate of drug-likeness (QED) is 0.902. The molecular weight excluding hydrogens is 256 g/mol. The van der Waals surface area contributed by atoms with Crippen LogP contribution in [0.3, 0.4) is 0 Å². The van der Waals surface area contributed by atoms with E-state index in [4.69, 9.17) is 5.26 Å². The van der Waals surface area contributed by atoms with E-state index < -0.39 is 6.10 Å². The first kappa shape index (κ1) is 14.2. The molecule has 0 aromatic heterocycles. The highest BCUT2D eigenvalue weighted by molar-refractivity contribution is 8.00. The molecule has 3 atom stereocenters. The topological polar surface area (TPSA) is 47.3 Å². The fraction of sp³-hybridized carbons (Fsp3) is 0.533. The molecule has 0 radical (unpaired) electrons. The number of aliphatic hydroxyl groups excluding tert-OH is 1. The fourth-order valence-corrected chi connectivity index (χ4v) is 3.59. The summed E-state index contributed by atoms with van der Waals surface area (Å²) < 4.78 is 0. The first-order chi connectivity index (χ1) is 9.04. The number of hydrogen-bond acceptors (Lipinski definition) is 4. The van der Waals surface area contributed by atoms with E-state index in [1.165, 1.54) is 0 Å². The van der Waals surface area contributed by atoms with Crippen molar-refractivity contribution in [2.75, 3.05) is 17.2 Å². The third-order valence-electron chi connectivity index (χ3n) is 3.80. The molecule has 1 aliphatic heterocycles. The van der Waals surface area contributed by atoms with Crippen LogP contribution in [0, 0.1) is 11.3 Å². The Bertz CT molecular complexity index is 495. The number of anilines is 1. The van der Waals surface area contributed by atoms with Crippen molar-refractivity contribution in [3.05, 3.63) is 29.3 Å². The second-order valence-corrected chi connectivity index (χ2v) is 6.56. The number of nitrogens with zero attached hydrogens (tertiary/aromatic N) is 2. The van der Waals surface area contributed by atoms with Crippen molar-refractivity contribution < 1.29 is 5.11 Å². The highest BCUT2D eigenvalue weighted by Crippen LogP contribution is 2.34. The van der Waals surface area contributed by atoms with Crippen LogP contribution < -0.4 is 4.90 Å². The van der Waals surface area contributed by atoms with Crippen LogP contribution in [-0.2, 0) is 0 Å². The lowest BCUT2D eigenvalue weighted by Gasteiger charge is -2.40. The number of rotatable bonds is 2. The van der Waals surface area contributed by atoms with Crippen LogP contribution in [0.5, 0.6) is 0 Å². The zero-order valence-corrected chi connectivity index (χ0v) is 12.4. The molecule has 0 spiro atoms. The average molecular weight is 276 g/mol. The summed E-state index contributed by atoms with van der Waals surface area (Å²) in [4.78, 5) is 2.32. The van der Waals surface area contributed by atoms with Crippen molar-refractivity contribution in [3.63, 3.8) is 0 Å². The van der Waals surface area contributed by atoms with Crippen molar-refractivity contribution >= 4 is 17.4 Å². The van der Waals surface area contributed by atoms with Gasteiger partial charge in [0.1, 0.15) is 0 Å². The molecule has 0 amide bonds. The van der Waals surface area contributed by atoms with Crippen LogP contribution in [0.25, 0.3) is 0 Å². The van der Waals surface area contributed by atoms with Crippen LogP contribution in [0.2, 0.25) is 0 Å². The van der Waals surface area contributed by atoms with Crippen LogP contribution >= 0.6 is 11.8 Å². The van der Waals surface area contributed by atoms with E-state index in [0.717, 1.165) is 23.5 Å². The molecule has 4 heteroatoms. The maximum Gasteiger partial charge on any atom is 0.0992 e. The molecule has 3 nitrogen and oxygen atoms in total. The van der Waals surface area contributed by atoms with Crippen molar-refractivity contribution in [1.29, 1.82) is 5.26 Å². The Labute approximate surface area is 119 Å². The van der Waals surface area contributed by atoms with Gasteiger partial charge in [0.05, 0.1) is 17.7 Å². The highest BCUT2D eigenvalue weighted by atomic mass is 32.2. The van der Waals surface area contributed by atoms with Crippen molar-refractivity contribution in [2.45, 2.75) is 38.2 Å². The summed E-state index contributed by atoms with van der Waals surface area (Å²) in [5.41, 5.74) is 2.57. The molecule has 0 bridgehead atoms. The van der Waals surface area contributed by atoms with Crippen LogP contribution in [0.1, 0.15) is 38.0 Å². The van der Waals surface area contributed by atoms with Gasteiger partial charge in [0.2, 0.25) is 0 Å². The maximum absolute atomic E-state index is 9.94. The van der Waals surface area contributed by atoms with Gasteiger partial charge in [0, 0.05) is 34.8 Å². The Kier molecular flexibility index (Phi) is 4.38. The minimum absolute atomic E-state index is 0.408. The smallest absolute Gasteiger partial charge is 0.0992 e. The Morgan fingerprint density at radius 1 is 1.47 bits per heavy atom. The molecule has 102 valence electrons. The summed E-state index contributed by atoms with van der Waals surface area (Å²) in [6.07, 6.45) is -0.514. The third kappa shape index (κ3) is 2.88. The normalized spacial score (nSPS) is 24.9. The molecule has 1 fully saturated rings. The molecule has 1 heterocycles. The monoisotopic (exact) mass is 276 g/mol. The van der Waals surface area contributed by atoms with Crippen molar-refractivity contribution in [3.8, 4) is 6.07 Å². The summed E-state index contributed by atoms with van der Waals surface area (Å²) in [6, 6.07) is 8.15. The van der Waals surface area contributed by atoms with Gasteiger partial charge in [-0.1, -0.05) is 13.0 Å². The Balaban J connectivity index is 2.44. The van der Waals surface area contributed by atoms with Gasteiger partial charge in [0.15, 0.2) is 0 Å². The molecule has 19 heavy (non-hydrogen) atoms. The molecular formula is C15H20N2OS. The molecule has 1 N–H and O–H groups in total. The van der Waals surface area contributed by atoms with Crippen LogP contribution in [-0.4, -0.2) is 28.7 Å². The number of hydrogen-bond donors (Lipinski definition) is 1. The Hall–Kier alpha value is -1.18. The first-order valence-corrected chi connectivity index (χ1v) is 7.70. The lowest BCUT2D eigenvalue weighted by atomic mass is 10.0. The average Bonchev–Trinajstić information content (AvgIpc) is 2.41. The van der Waals surface area contributed by atoms with Crippen LogP contribution in [0.4, 0.5) is 5.69 Å². The third-order valence-corrected chi connectivity index (χ3v) is 5.14. The van der Waals surface area contributed by atoms with Gasteiger partial charge in [-0.2, -0.15) is 17.0 Å². The fourth-order valence-electron chi connectivity index (χ4n) is 2.49. The molecule has 1 aliphatic rings. The predicted molar refractivity (Wildman–Crippen MR) is 80.5 cm³/mol. The van der Waals surface area contributed by atoms with Crippen molar-refractivity contribution in [2.24, 2.45) is 0 Å². The number of benzene rings is 1. The lowest BCUT2D eigenvalue weighted by Crippen LogP contribution is -2.45. The predicted octanol–water partition coefficient (Wildman–Crippen LogP) is 2.94. The molecule has 0 saturated carbocycles. The SMILES string of the molecule is CC(O)c1ccc(C#N)cc1N1CCSC(C)C1C. The van der Waals surface area contributed by atoms with Gasteiger partial charge in [-0.3, -0.25) is 0 Å². The molecule has 3 unspecified atom stereocenters. The minimum atomic E-state index is -0.514. The van der Waals surface area contributed by atoms with E-state index in [-0.39, 0.29) is 0 Å². The van der Waals surface area contributed by atoms with Crippen molar-refractivity contribution in [1.82, 2.24) is 0 Å². The van der Waals surface area contributed by atoms with E-state index in [1.54, 1.807) is 13.0 Å². The minimum Gasteiger partial charge on any atom is -0.389 e. The Morgan fingerprint density at radius 3 is 2.84 bits per heavy atom. The van der Waals surface area contributed by atoms with Gasteiger partial charge < -0.3 is 10.0 Å². The summed E-state index contributed by atoms with van der Waals surface area (Å²) in [7, 11) is 0. The summed E-state index contributed by atoms with van der Waals surface area (Å²) in [6.45, 7) is 7.18. The zero-order chi connectivity index (χ0) is 14.0. The highest BCUT2D eigenvalue weighted by Gasteiger charge is 2.27. The Morgan fingerprint density at radius 2 is 2.21 bits per heavy atom. The maximum atomic E-state index is 9.94. The van der Waals surface area contributed by atoms with Gasteiger partial charge >= 0.3 is 0 Å². The van der Waals surface area contributed by atoms with E-state index in [1.807, 2.05) is 23.9 Å².